The van der Waals surface area contributed by atoms with Crippen molar-refractivity contribution in [2.45, 2.75) is 0 Å². The molecular weight excluding hydrogens is 240 g/mol. The number of hydrogen-bond acceptors (Lipinski definition) is 4. The minimum Gasteiger partial charge on any atom is -0.478 e. The number of carboxylic acids is 1. The average molecular weight is 248 g/mol. The molecule has 0 aliphatic rings. The van der Waals surface area contributed by atoms with Crippen molar-refractivity contribution in [3.05, 3.63) is 57.2 Å². The molecule has 0 unspecified atom stereocenters. The molecule has 0 aliphatic carbocycles. The predicted octanol–water partition coefficient (Wildman–Crippen LogP) is 1.69. The third-order valence-electron chi connectivity index (χ3n) is 1.71. The largest absolute Gasteiger partial charge is 0.478 e. The number of nitrogens with one attached hydrogen (secondary N) is 1. The molecule has 0 spiro atoms. The number of aromatic amines is 1. The molecule has 5 nitrogen and oxygen atoms in total. The SMILES string of the molecule is N#Cc1cs[nH]c1=O.O=C(O)c1ccccc1. The number of aromatic carboxylic acids is 1. The topological polar surface area (TPSA) is 94.0 Å². The molecule has 1 aromatic heterocycles. The van der Waals surface area contributed by atoms with E-state index in [1.807, 2.05) is 0 Å². The quantitative estimate of drug-likeness (QED) is 0.803. The van der Waals surface area contributed by atoms with Crippen LogP contribution in [0.25, 0.3) is 0 Å². The lowest BCUT2D eigenvalue weighted by atomic mass is 10.2. The summed E-state index contributed by atoms with van der Waals surface area (Å²) in [5, 5.41) is 18.0. The van der Waals surface area contributed by atoms with Gasteiger partial charge in [-0.1, -0.05) is 29.7 Å². The van der Waals surface area contributed by atoms with Crippen LogP contribution in [0.15, 0.2) is 40.5 Å². The molecule has 0 atom stereocenters. The van der Waals surface area contributed by atoms with Crippen molar-refractivity contribution in [3.63, 3.8) is 0 Å². The Kier molecular flexibility index (Phi) is 4.66. The summed E-state index contributed by atoms with van der Waals surface area (Å²) < 4.78 is 2.38. The Labute approximate surface area is 101 Å². The molecule has 86 valence electrons. The predicted molar refractivity (Wildman–Crippen MR) is 63.1 cm³/mol. The van der Waals surface area contributed by atoms with Crippen molar-refractivity contribution >= 4 is 17.5 Å². The number of nitriles is 1. The summed E-state index contributed by atoms with van der Waals surface area (Å²) in [7, 11) is 0. The van der Waals surface area contributed by atoms with Crippen molar-refractivity contribution < 1.29 is 9.90 Å². The Morgan fingerprint density at radius 1 is 1.35 bits per heavy atom. The van der Waals surface area contributed by atoms with E-state index < -0.39 is 5.97 Å². The maximum Gasteiger partial charge on any atom is 0.335 e. The van der Waals surface area contributed by atoms with Gasteiger partial charge in [0.2, 0.25) is 0 Å². The van der Waals surface area contributed by atoms with Gasteiger partial charge in [-0.15, -0.1) is 0 Å². The molecule has 0 amide bonds. The van der Waals surface area contributed by atoms with E-state index in [2.05, 4.69) is 4.37 Å². The second-order valence-corrected chi connectivity index (χ2v) is 3.54. The first-order valence-electron chi connectivity index (χ1n) is 4.49. The normalized spacial score (nSPS) is 8.65. The van der Waals surface area contributed by atoms with Crippen LogP contribution in [-0.2, 0) is 0 Å². The molecule has 0 bridgehead atoms. The lowest BCUT2D eigenvalue weighted by Gasteiger charge is -1.88. The van der Waals surface area contributed by atoms with Crippen LogP contribution in [-0.4, -0.2) is 15.4 Å². The zero-order valence-electron chi connectivity index (χ0n) is 8.58. The highest BCUT2D eigenvalue weighted by molar-refractivity contribution is 7.03. The number of aromatic nitrogens is 1. The third-order valence-corrected chi connectivity index (χ3v) is 2.37. The van der Waals surface area contributed by atoms with Gasteiger partial charge in [0.1, 0.15) is 11.6 Å². The lowest BCUT2D eigenvalue weighted by Crippen LogP contribution is -1.99. The average Bonchev–Trinajstić information content (AvgIpc) is 2.76. The zero-order chi connectivity index (χ0) is 12.7. The van der Waals surface area contributed by atoms with E-state index >= 15 is 0 Å². The molecule has 6 heteroatoms. The molecular formula is C11H8N2O3S. The number of carbonyl (C=O) groups is 1. The fourth-order valence-corrected chi connectivity index (χ4v) is 1.46. The fraction of sp³-hybridized carbons (Fsp3) is 0. The minimum absolute atomic E-state index is 0.190. The second kappa shape index (κ2) is 6.25. The monoisotopic (exact) mass is 248 g/mol. The van der Waals surface area contributed by atoms with Crippen molar-refractivity contribution in [3.8, 4) is 6.07 Å². The molecule has 1 heterocycles. The number of hydrogen-bond donors (Lipinski definition) is 2. The summed E-state index contributed by atoms with van der Waals surface area (Å²) in [6.45, 7) is 0. The van der Waals surface area contributed by atoms with Crippen molar-refractivity contribution in [1.29, 1.82) is 5.26 Å². The molecule has 2 N–H and O–H groups in total. The molecule has 0 saturated carbocycles. The molecule has 2 rings (SSSR count). The Bertz CT molecular complexity index is 581. The van der Waals surface area contributed by atoms with Crippen LogP contribution in [0, 0.1) is 11.3 Å². The summed E-state index contributed by atoms with van der Waals surface area (Å²) in [5.41, 5.74) is 0.227. The van der Waals surface area contributed by atoms with Crippen LogP contribution in [0.5, 0.6) is 0 Å². The molecule has 0 saturated heterocycles. The maximum atomic E-state index is 10.4. The molecule has 17 heavy (non-hydrogen) atoms. The summed E-state index contributed by atoms with van der Waals surface area (Å²) in [4.78, 5) is 20.6. The van der Waals surface area contributed by atoms with Gasteiger partial charge in [0.15, 0.2) is 0 Å². The van der Waals surface area contributed by atoms with Crippen LogP contribution < -0.4 is 5.56 Å². The van der Waals surface area contributed by atoms with Gasteiger partial charge in [-0.3, -0.25) is 9.17 Å². The van der Waals surface area contributed by atoms with Crippen LogP contribution in [0.2, 0.25) is 0 Å². The third kappa shape index (κ3) is 3.93. The van der Waals surface area contributed by atoms with E-state index in [0.29, 0.717) is 5.56 Å². The van der Waals surface area contributed by atoms with E-state index in [-0.39, 0.29) is 11.1 Å². The van der Waals surface area contributed by atoms with Crippen molar-refractivity contribution in [2.24, 2.45) is 0 Å². The van der Waals surface area contributed by atoms with Gasteiger partial charge in [0.05, 0.1) is 5.56 Å². The number of rotatable bonds is 1. The van der Waals surface area contributed by atoms with Gasteiger partial charge in [-0.2, -0.15) is 5.26 Å². The number of nitrogens with zero attached hydrogens (tertiary/aromatic N) is 1. The number of benzene rings is 1. The molecule has 0 aliphatic heterocycles. The van der Waals surface area contributed by atoms with Gasteiger partial charge in [0.25, 0.3) is 5.56 Å². The van der Waals surface area contributed by atoms with Crippen molar-refractivity contribution in [2.75, 3.05) is 0 Å². The molecule has 0 fully saturated rings. The summed E-state index contributed by atoms with van der Waals surface area (Å²) >= 11 is 1.13. The summed E-state index contributed by atoms with van der Waals surface area (Å²) in [6, 6.07) is 10.0. The molecule has 1 aromatic carbocycles. The van der Waals surface area contributed by atoms with E-state index in [1.165, 1.54) is 5.38 Å². The first kappa shape index (κ1) is 12.7. The van der Waals surface area contributed by atoms with Gasteiger partial charge in [0, 0.05) is 5.38 Å². The Morgan fingerprint density at radius 2 is 2.00 bits per heavy atom. The van der Waals surface area contributed by atoms with Crippen LogP contribution in [0.1, 0.15) is 15.9 Å². The van der Waals surface area contributed by atoms with E-state index in [9.17, 15) is 9.59 Å². The highest BCUT2D eigenvalue weighted by Crippen LogP contribution is 1.96. The van der Waals surface area contributed by atoms with Gasteiger partial charge in [-0.25, -0.2) is 4.79 Å². The Balaban J connectivity index is 0.000000171. The Morgan fingerprint density at radius 3 is 2.29 bits per heavy atom. The summed E-state index contributed by atoms with van der Waals surface area (Å²) in [5.74, 6) is -0.879. The van der Waals surface area contributed by atoms with Gasteiger partial charge < -0.3 is 5.11 Å². The Hall–Kier alpha value is -2.39. The molecule has 2 aromatic rings. The van der Waals surface area contributed by atoms with E-state index in [4.69, 9.17) is 10.4 Å². The van der Waals surface area contributed by atoms with Gasteiger partial charge >= 0.3 is 5.97 Å². The first-order valence-corrected chi connectivity index (χ1v) is 5.37. The lowest BCUT2D eigenvalue weighted by molar-refractivity contribution is 0.0697. The smallest absolute Gasteiger partial charge is 0.335 e. The van der Waals surface area contributed by atoms with Crippen LogP contribution >= 0.6 is 11.5 Å². The number of H-pyrrole nitrogens is 1. The fourth-order valence-electron chi connectivity index (χ4n) is 0.908. The highest BCUT2D eigenvalue weighted by atomic mass is 32.1. The second-order valence-electron chi connectivity index (χ2n) is 2.86. The zero-order valence-corrected chi connectivity index (χ0v) is 9.40. The van der Waals surface area contributed by atoms with Crippen molar-refractivity contribution in [1.82, 2.24) is 4.37 Å². The number of carboxylic acid groups (broad SMARTS) is 1. The summed E-state index contributed by atoms with van der Waals surface area (Å²) in [6.07, 6.45) is 0. The first-order chi connectivity index (χ1) is 8.15. The molecule has 0 radical (unpaired) electrons. The minimum atomic E-state index is -0.879. The van der Waals surface area contributed by atoms with E-state index in [1.54, 1.807) is 36.4 Å². The standard InChI is InChI=1S/C7H6O2.C4H2N2OS/c8-7(9)6-4-2-1-3-5-6;5-1-3-2-8-6-4(3)7/h1-5H,(H,8,9);2H,(H,6,7). The highest BCUT2D eigenvalue weighted by Gasteiger charge is 1.96. The van der Waals surface area contributed by atoms with Gasteiger partial charge in [-0.05, 0) is 12.1 Å². The van der Waals surface area contributed by atoms with Crippen LogP contribution in [0.4, 0.5) is 0 Å². The van der Waals surface area contributed by atoms with E-state index in [0.717, 1.165) is 11.5 Å². The van der Waals surface area contributed by atoms with Crippen LogP contribution in [0.3, 0.4) is 0 Å². The maximum absolute atomic E-state index is 10.4.